The Labute approximate surface area is 62.3 Å². The van der Waals surface area contributed by atoms with Gasteiger partial charge in [0.2, 0.25) is 0 Å². The second kappa shape index (κ2) is 3.74. The maximum absolute atomic E-state index is 5.55. The summed E-state index contributed by atoms with van der Waals surface area (Å²) in [7, 11) is 1.91. The number of nitrogens with one attached hydrogen (secondary N) is 1. The van der Waals surface area contributed by atoms with Crippen LogP contribution < -0.4 is 5.32 Å². The molecule has 0 saturated heterocycles. The SMILES string of the molecule is C/C=C\C(NC)OC1CC1. The number of ether oxygens (including phenoxy) is 1. The summed E-state index contributed by atoms with van der Waals surface area (Å²) in [5.41, 5.74) is 0. The van der Waals surface area contributed by atoms with Gasteiger partial charge in [0.25, 0.3) is 0 Å². The molecule has 0 aromatic carbocycles. The zero-order valence-electron chi connectivity index (χ0n) is 6.63. The van der Waals surface area contributed by atoms with Gasteiger partial charge in [-0.05, 0) is 32.9 Å². The first-order valence-electron chi connectivity index (χ1n) is 3.82. The van der Waals surface area contributed by atoms with Gasteiger partial charge in [0.05, 0.1) is 6.10 Å². The van der Waals surface area contributed by atoms with Gasteiger partial charge >= 0.3 is 0 Å². The Balaban J connectivity index is 2.17. The summed E-state index contributed by atoms with van der Waals surface area (Å²) in [5, 5.41) is 3.07. The molecule has 1 saturated carbocycles. The van der Waals surface area contributed by atoms with Crippen LogP contribution in [0.3, 0.4) is 0 Å². The minimum atomic E-state index is 0.123. The summed E-state index contributed by atoms with van der Waals surface area (Å²) in [5.74, 6) is 0. The average Bonchev–Trinajstić information content (AvgIpc) is 2.71. The summed E-state index contributed by atoms with van der Waals surface area (Å²) < 4.78 is 5.55. The van der Waals surface area contributed by atoms with Gasteiger partial charge in [-0.1, -0.05) is 6.08 Å². The van der Waals surface area contributed by atoms with E-state index in [4.69, 9.17) is 4.74 Å². The second-order valence-corrected chi connectivity index (χ2v) is 2.57. The van der Waals surface area contributed by atoms with Crippen LogP contribution in [0.15, 0.2) is 12.2 Å². The predicted octanol–water partition coefficient (Wildman–Crippen LogP) is 1.29. The molecule has 0 aromatic rings. The van der Waals surface area contributed by atoms with Crippen LogP contribution in [0.2, 0.25) is 0 Å². The third-order valence-electron chi connectivity index (χ3n) is 1.52. The van der Waals surface area contributed by atoms with Gasteiger partial charge < -0.3 is 4.74 Å². The first kappa shape index (κ1) is 7.76. The molecule has 1 rings (SSSR count). The largest absolute Gasteiger partial charge is 0.357 e. The molecule has 0 spiro atoms. The summed E-state index contributed by atoms with van der Waals surface area (Å²) >= 11 is 0. The van der Waals surface area contributed by atoms with E-state index in [1.54, 1.807) is 0 Å². The molecule has 2 heteroatoms. The van der Waals surface area contributed by atoms with Crippen LogP contribution >= 0.6 is 0 Å². The molecular weight excluding hydrogens is 126 g/mol. The Morgan fingerprint density at radius 3 is 2.70 bits per heavy atom. The zero-order valence-corrected chi connectivity index (χ0v) is 6.63. The fourth-order valence-corrected chi connectivity index (χ4v) is 0.796. The van der Waals surface area contributed by atoms with Gasteiger partial charge in [-0.3, -0.25) is 5.32 Å². The quantitative estimate of drug-likeness (QED) is 0.470. The van der Waals surface area contributed by atoms with Crippen LogP contribution in [0.1, 0.15) is 19.8 Å². The highest BCUT2D eigenvalue weighted by atomic mass is 16.5. The van der Waals surface area contributed by atoms with Gasteiger partial charge in [-0.2, -0.15) is 0 Å². The molecule has 0 heterocycles. The minimum Gasteiger partial charge on any atom is -0.357 e. The average molecular weight is 141 g/mol. The first-order valence-corrected chi connectivity index (χ1v) is 3.82. The third-order valence-corrected chi connectivity index (χ3v) is 1.52. The van der Waals surface area contributed by atoms with Crippen molar-refractivity contribution in [3.63, 3.8) is 0 Å². The number of allylic oxidation sites excluding steroid dienone is 1. The zero-order chi connectivity index (χ0) is 7.40. The van der Waals surface area contributed by atoms with Crippen molar-refractivity contribution in [2.75, 3.05) is 7.05 Å². The number of hydrogen-bond acceptors (Lipinski definition) is 2. The standard InChI is InChI=1S/C8H15NO/c1-3-4-8(9-2)10-7-5-6-7/h3-4,7-9H,5-6H2,1-2H3/b4-3-. The van der Waals surface area contributed by atoms with Crippen LogP contribution in [0.5, 0.6) is 0 Å². The van der Waals surface area contributed by atoms with E-state index in [1.807, 2.05) is 26.1 Å². The molecule has 58 valence electrons. The smallest absolute Gasteiger partial charge is 0.127 e. The summed E-state index contributed by atoms with van der Waals surface area (Å²) in [6, 6.07) is 0. The monoisotopic (exact) mass is 141 g/mol. The van der Waals surface area contributed by atoms with Crippen LogP contribution in [0.4, 0.5) is 0 Å². The number of hydrogen-bond donors (Lipinski definition) is 1. The van der Waals surface area contributed by atoms with E-state index in [2.05, 4.69) is 5.32 Å². The summed E-state index contributed by atoms with van der Waals surface area (Å²) in [6.45, 7) is 2.00. The molecule has 0 aliphatic heterocycles. The van der Waals surface area contributed by atoms with Gasteiger partial charge in [0.15, 0.2) is 0 Å². The lowest BCUT2D eigenvalue weighted by molar-refractivity contribution is 0.0544. The van der Waals surface area contributed by atoms with Crippen LogP contribution in [0, 0.1) is 0 Å². The highest BCUT2D eigenvalue weighted by molar-refractivity contribution is 4.87. The molecule has 0 bridgehead atoms. The molecule has 1 aliphatic carbocycles. The van der Waals surface area contributed by atoms with Crippen LogP contribution in [-0.4, -0.2) is 19.4 Å². The van der Waals surface area contributed by atoms with Crippen LogP contribution in [0.25, 0.3) is 0 Å². The summed E-state index contributed by atoms with van der Waals surface area (Å²) in [4.78, 5) is 0. The summed E-state index contributed by atoms with van der Waals surface area (Å²) in [6.07, 6.45) is 7.14. The fourth-order valence-electron chi connectivity index (χ4n) is 0.796. The molecule has 1 atom stereocenters. The lowest BCUT2D eigenvalue weighted by Crippen LogP contribution is -2.26. The minimum absolute atomic E-state index is 0.123. The van der Waals surface area contributed by atoms with Crippen molar-refractivity contribution in [1.29, 1.82) is 0 Å². The van der Waals surface area contributed by atoms with E-state index >= 15 is 0 Å². The van der Waals surface area contributed by atoms with Crippen molar-refractivity contribution in [3.05, 3.63) is 12.2 Å². The Morgan fingerprint density at radius 1 is 1.60 bits per heavy atom. The van der Waals surface area contributed by atoms with Crippen molar-refractivity contribution in [2.45, 2.75) is 32.1 Å². The fraction of sp³-hybridized carbons (Fsp3) is 0.750. The maximum Gasteiger partial charge on any atom is 0.127 e. The van der Waals surface area contributed by atoms with E-state index in [0.717, 1.165) is 0 Å². The predicted molar refractivity (Wildman–Crippen MR) is 41.8 cm³/mol. The highest BCUT2D eigenvalue weighted by Gasteiger charge is 2.24. The van der Waals surface area contributed by atoms with E-state index in [0.29, 0.717) is 6.10 Å². The van der Waals surface area contributed by atoms with Crippen molar-refractivity contribution in [1.82, 2.24) is 5.32 Å². The third kappa shape index (κ3) is 2.50. The Kier molecular flexibility index (Phi) is 2.90. The van der Waals surface area contributed by atoms with E-state index < -0.39 is 0 Å². The Bertz CT molecular complexity index is 118. The topological polar surface area (TPSA) is 21.3 Å². The van der Waals surface area contributed by atoms with E-state index in [-0.39, 0.29) is 6.23 Å². The second-order valence-electron chi connectivity index (χ2n) is 2.57. The van der Waals surface area contributed by atoms with Crippen molar-refractivity contribution < 1.29 is 4.74 Å². The van der Waals surface area contributed by atoms with Crippen molar-refractivity contribution >= 4 is 0 Å². The number of rotatable bonds is 4. The molecule has 0 aromatic heterocycles. The lowest BCUT2D eigenvalue weighted by Gasteiger charge is -2.11. The van der Waals surface area contributed by atoms with Gasteiger partial charge in [0.1, 0.15) is 6.23 Å². The van der Waals surface area contributed by atoms with E-state index in [9.17, 15) is 0 Å². The number of likely N-dealkylation sites (N-methyl/N-ethyl adjacent to an activating group) is 1. The normalized spacial score (nSPS) is 21.8. The molecule has 10 heavy (non-hydrogen) atoms. The molecule has 0 amide bonds. The molecule has 0 radical (unpaired) electrons. The van der Waals surface area contributed by atoms with Gasteiger partial charge in [0, 0.05) is 0 Å². The first-order chi connectivity index (χ1) is 4.86. The molecule has 1 unspecified atom stereocenters. The maximum atomic E-state index is 5.55. The lowest BCUT2D eigenvalue weighted by atomic mass is 10.5. The molecule has 2 nitrogen and oxygen atoms in total. The molecule has 1 fully saturated rings. The van der Waals surface area contributed by atoms with Gasteiger partial charge in [-0.15, -0.1) is 0 Å². The van der Waals surface area contributed by atoms with Crippen LogP contribution in [-0.2, 0) is 4.74 Å². The molecular formula is C8H15NO. The van der Waals surface area contributed by atoms with E-state index in [1.165, 1.54) is 12.8 Å². The molecule has 1 aliphatic rings. The molecule has 1 N–H and O–H groups in total. The Hall–Kier alpha value is -0.340. The van der Waals surface area contributed by atoms with Crippen molar-refractivity contribution in [3.8, 4) is 0 Å². The van der Waals surface area contributed by atoms with Gasteiger partial charge in [-0.25, -0.2) is 0 Å². The van der Waals surface area contributed by atoms with Crippen molar-refractivity contribution in [2.24, 2.45) is 0 Å². The highest BCUT2D eigenvalue weighted by Crippen LogP contribution is 2.24. The Morgan fingerprint density at radius 2 is 2.30 bits per heavy atom.